The smallest absolute Gasteiger partial charge is 0.416 e. The van der Waals surface area contributed by atoms with Gasteiger partial charge in [-0.2, -0.15) is 17.5 Å². The van der Waals surface area contributed by atoms with Crippen molar-refractivity contribution in [3.63, 3.8) is 0 Å². The van der Waals surface area contributed by atoms with Crippen LogP contribution in [0.1, 0.15) is 16.7 Å². The molecule has 2 aromatic carbocycles. The van der Waals surface area contributed by atoms with E-state index >= 15 is 0 Å². The van der Waals surface area contributed by atoms with E-state index in [4.69, 9.17) is 4.74 Å². The minimum atomic E-state index is -4.41. The highest BCUT2D eigenvalue weighted by molar-refractivity contribution is 7.89. The van der Waals surface area contributed by atoms with Crippen molar-refractivity contribution >= 4 is 15.7 Å². The predicted octanol–water partition coefficient (Wildman–Crippen LogP) is 3.84. The monoisotopic (exact) mass is 428 g/mol. The Morgan fingerprint density at radius 3 is 2.21 bits per heavy atom. The fraction of sp³-hybridized carbons (Fsp3) is 0.400. The lowest BCUT2D eigenvalue weighted by Gasteiger charge is -2.36. The van der Waals surface area contributed by atoms with Gasteiger partial charge in [0.2, 0.25) is 10.0 Å². The number of alkyl halides is 3. The normalized spacial score (nSPS) is 16.1. The van der Waals surface area contributed by atoms with Gasteiger partial charge in [0.05, 0.1) is 17.6 Å². The van der Waals surface area contributed by atoms with E-state index in [1.807, 2.05) is 0 Å². The summed E-state index contributed by atoms with van der Waals surface area (Å²) >= 11 is 0. The van der Waals surface area contributed by atoms with Crippen LogP contribution in [-0.2, 0) is 16.2 Å². The second kappa shape index (κ2) is 7.87. The highest BCUT2D eigenvalue weighted by atomic mass is 32.2. The summed E-state index contributed by atoms with van der Waals surface area (Å²) < 4.78 is 71.7. The molecule has 1 aliphatic rings. The third-order valence-corrected chi connectivity index (χ3v) is 7.35. The number of sulfonamides is 1. The number of benzene rings is 2. The standard InChI is InChI=1S/C20H23F3N2O3S/c1-14-15(2)19(8-7-18(14)28-3)29(26,27)25-11-9-24(10-12-25)17-6-4-5-16(13-17)20(21,22)23/h4-8,13H,9-12H2,1-3H3. The Hall–Kier alpha value is -2.26. The number of piperazine rings is 1. The highest BCUT2D eigenvalue weighted by Crippen LogP contribution is 2.33. The number of rotatable bonds is 4. The first kappa shape index (κ1) is 21.4. The molecule has 0 aromatic heterocycles. The van der Waals surface area contributed by atoms with Crippen LogP contribution in [0.15, 0.2) is 41.3 Å². The molecule has 9 heteroatoms. The third-order valence-electron chi connectivity index (χ3n) is 5.30. The molecule has 5 nitrogen and oxygen atoms in total. The van der Waals surface area contributed by atoms with Crippen molar-refractivity contribution in [2.75, 3.05) is 38.2 Å². The molecule has 0 radical (unpaired) electrons. The van der Waals surface area contributed by atoms with Crippen LogP contribution in [0, 0.1) is 13.8 Å². The molecular formula is C20H23F3N2O3S. The highest BCUT2D eigenvalue weighted by Gasteiger charge is 2.33. The van der Waals surface area contributed by atoms with E-state index in [9.17, 15) is 21.6 Å². The Balaban J connectivity index is 1.78. The Labute approximate surface area is 168 Å². The fourth-order valence-electron chi connectivity index (χ4n) is 3.48. The summed E-state index contributed by atoms with van der Waals surface area (Å²) in [6.45, 7) is 4.57. The molecule has 0 unspecified atom stereocenters. The molecule has 1 fully saturated rings. The van der Waals surface area contributed by atoms with Gasteiger partial charge in [0, 0.05) is 31.9 Å². The maximum atomic E-state index is 13.1. The van der Waals surface area contributed by atoms with Crippen molar-refractivity contribution in [3.8, 4) is 5.75 Å². The van der Waals surface area contributed by atoms with Gasteiger partial charge in [0.15, 0.2) is 0 Å². The molecule has 0 amide bonds. The van der Waals surface area contributed by atoms with E-state index in [-0.39, 0.29) is 18.0 Å². The van der Waals surface area contributed by atoms with Crippen LogP contribution in [-0.4, -0.2) is 46.0 Å². The topological polar surface area (TPSA) is 49.9 Å². The Kier molecular flexibility index (Phi) is 5.82. The van der Waals surface area contributed by atoms with Crippen LogP contribution in [0.5, 0.6) is 5.75 Å². The van der Waals surface area contributed by atoms with Crippen molar-refractivity contribution in [1.29, 1.82) is 0 Å². The third kappa shape index (κ3) is 4.20. The predicted molar refractivity (Wildman–Crippen MR) is 105 cm³/mol. The Morgan fingerprint density at radius 2 is 1.62 bits per heavy atom. The van der Waals surface area contributed by atoms with E-state index in [1.54, 1.807) is 30.9 Å². The first-order chi connectivity index (χ1) is 13.6. The maximum Gasteiger partial charge on any atom is 0.416 e. The summed E-state index contributed by atoms with van der Waals surface area (Å²) in [6, 6.07) is 8.27. The lowest BCUT2D eigenvalue weighted by Crippen LogP contribution is -2.48. The summed E-state index contributed by atoms with van der Waals surface area (Å²) in [5.74, 6) is 0.621. The average Bonchev–Trinajstić information content (AvgIpc) is 2.69. The molecule has 1 heterocycles. The van der Waals surface area contributed by atoms with Gasteiger partial charge in [-0.15, -0.1) is 0 Å². The Bertz CT molecular complexity index is 999. The number of hydrogen-bond donors (Lipinski definition) is 0. The van der Waals surface area contributed by atoms with Gasteiger partial charge in [0.1, 0.15) is 5.75 Å². The van der Waals surface area contributed by atoms with Gasteiger partial charge < -0.3 is 9.64 Å². The van der Waals surface area contributed by atoms with Crippen molar-refractivity contribution in [3.05, 3.63) is 53.1 Å². The van der Waals surface area contributed by atoms with Crippen molar-refractivity contribution < 1.29 is 26.3 Å². The van der Waals surface area contributed by atoms with Gasteiger partial charge in [-0.25, -0.2) is 8.42 Å². The van der Waals surface area contributed by atoms with Crippen LogP contribution in [0.2, 0.25) is 0 Å². The van der Waals surface area contributed by atoms with Gasteiger partial charge >= 0.3 is 6.18 Å². The lowest BCUT2D eigenvalue weighted by atomic mass is 10.1. The Morgan fingerprint density at radius 1 is 0.966 bits per heavy atom. The molecular weight excluding hydrogens is 405 g/mol. The minimum Gasteiger partial charge on any atom is -0.496 e. The van der Waals surface area contributed by atoms with E-state index in [0.29, 0.717) is 30.1 Å². The molecule has 0 bridgehead atoms. The molecule has 3 rings (SSSR count). The zero-order valence-electron chi connectivity index (χ0n) is 16.5. The number of ether oxygens (including phenoxy) is 1. The van der Waals surface area contributed by atoms with E-state index in [1.165, 1.54) is 23.5 Å². The number of anilines is 1. The minimum absolute atomic E-state index is 0.198. The van der Waals surface area contributed by atoms with Crippen LogP contribution in [0.25, 0.3) is 0 Å². The second-order valence-corrected chi connectivity index (χ2v) is 8.86. The molecule has 1 saturated heterocycles. The number of halogens is 3. The first-order valence-corrected chi connectivity index (χ1v) is 10.6. The molecule has 0 atom stereocenters. The van der Waals surface area contributed by atoms with Gasteiger partial charge in [-0.3, -0.25) is 0 Å². The van der Waals surface area contributed by atoms with Crippen LogP contribution >= 0.6 is 0 Å². The van der Waals surface area contributed by atoms with Crippen LogP contribution < -0.4 is 9.64 Å². The average molecular weight is 428 g/mol. The van der Waals surface area contributed by atoms with Gasteiger partial charge in [0.25, 0.3) is 0 Å². The molecule has 0 spiro atoms. The van der Waals surface area contributed by atoms with E-state index < -0.39 is 21.8 Å². The van der Waals surface area contributed by atoms with E-state index in [2.05, 4.69) is 0 Å². The summed E-state index contributed by atoms with van der Waals surface area (Å²) in [6.07, 6.45) is -4.41. The van der Waals surface area contributed by atoms with Gasteiger partial charge in [-0.05, 0) is 55.3 Å². The summed E-state index contributed by atoms with van der Waals surface area (Å²) in [4.78, 5) is 2.00. The molecule has 0 N–H and O–H groups in total. The number of hydrogen-bond acceptors (Lipinski definition) is 4. The summed E-state index contributed by atoms with van der Waals surface area (Å²) in [5.41, 5.74) is 1.11. The molecule has 0 aliphatic carbocycles. The zero-order valence-corrected chi connectivity index (χ0v) is 17.3. The fourth-order valence-corrected chi connectivity index (χ4v) is 5.18. The van der Waals surface area contributed by atoms with E-state index in [0.717, 1.165) is 17.7 Å². The largest absolute Gasteiger partial charge is 0.496 e. The summed E-state index contributed by atoms with van der Waals surface area (Å²) in [5, 5.41) is 0. The van der Waals surface area contributed by atoms with Crippen LogP contribution in [0.4, 0.5) is 18.9 Å². The van der Waals surface area contributed by atoms with Crippen LogP contribution in [0.3, 0.4) is 0 Å². The van der Waals surface area contributed by atoms with Gasteiger partial charge in [-0.1, -0.05) is 6.07 Å². The maximum absolute atomic E-state index is 13.1. The lowest BCUT2D eigenvalue weighted by molar-refractivity contribution is -0.137. The van der Waals surface area contributed by atoms with Crippen molar-refractivity contribution in [1.82, 2.24) is 4.31 Å². The molecule has 158 valence electrons. The molecule has 1 aliphatic heterocycles. The number of methoxy groups -OCH3 is 1. The quantitative estimate of drug-likeness (QED) is 0.743. The van der Waals surface area contributed by atoms with Crippen molar-refractivity contribution in [2.45, 2.75) is 24.9 Å². The molecule has 0 saturated carbocycles. The number of nitrogens with zero attached hydrogens (tertiary/aromatic N) is 2. The second-order valence-electron chi connectivity index (χ2n) is 6.96. The summed E-state index contributed by atoms with van der Waals surface area (Å²) in [7, 11) is -2.18. The SMILES string of the molecule is COc1ccc(S(=O)(=O)N2CCN(c3cccc(C(F)(F)F)c3)CC2)c(C)c1C. The molecule has 2 aromatic rings. The zero-order chi connectivity index (χ0) is 21.4. The first-order valence-electron chi connectivity index (χ1n) is 9.12. The van der Waals surface area contributed by atoms with Crippen molar-refractivity contribution in [2.24, 2.45) is 0 Å². The molecule has 29 heavy (non-hydrogen) atoms.